The van der Waals surface area contributed by atoms with Gasteiger partial charge in [-0.1, -0.05) is 6.07 Å². The molecule has 0 spiro atoms. The van der Waals surface area contributed by atoms with Gasteiger partial charge in [0.25, 0.3) is 0 Å². The summed E-state index contributed by atoms with van der Waals surface area (Å²) in [6.07, 6.45) is 0.728. The predicted molar refractivity (Wildman–Crippen MR) is 72.3 cm³/mol. The molecule has 0 radical (unpaired) electrons. The first-order valence-corrected chi connectivity index (χ1v) is 5.94. The molecule has 0 aliphatic rings. The maximum absolute atomic E-state index is 6.22. The number of aryl methyl sites for hydroxylation is 2. The van der Waals surface area contributed by atoms with Crippen LogP contribution in [0, 0.1) is 13.8 Å². The molecule has 0 fully saturated rings. The molecule has 17 heavy (non-hydrogen) atoms. The smallest absolute Gasteiger partial charge is 0.123 e. The van der Waals surface area contributed by atoms with E-state index >= 15 is 0 Å². The standard InChI is InChI=1S/C14H24N2O/c1-9-6-11(12(15)8-14(3,4)16)13(17-5)7-10(9)2/h6-7,12H,8,15-16H2,1-5H3. The molecule has 0 amide bonds. The van der Waals surface area contributed by atoms with Crippen molar-refractivity contribution in [2.45, 2.75) is 45.7 Å². The average Bonchev–Trinajstić information content (AvgIpc) is 2.18. The molecule has 0 aliphatic heterocycles. The highest BCUT2D eigenvalue weighted by Crippen LogP contribution is 2.30. The summed E-state index contributed by atoms with van der Waals surface area (Å²) in [5, 5.41) is 0. The summed E-state index contributed by atoms with van der Waals surface area (Å²) in [6.45, 7) is 8.12. The van der Waals surface area contributed by atoms with Gasteiger partial charge in [-0.05, 0) is 51.3 Å². The van der Waals surface area contributed by atoms with Crippen molar-refractivity contribution in [2.24, 2.45) is 11.5 Å². The number of benzene rings is 1. The van der Waals surface area contributed by atoms with Gasteiger partial charge >= 0.3 is 0 Å². The first-order valence-electron chi connectivity index (χ1n) is 5.94. The SMILES string of the molecule is COc1cc(C)c(C)cc1C(N)CC(C)(C)N. The van der Waals surface area contributed by atoms with Crippen LogP contribution in [0.5, 0.6) is 5.75 Å². The second kappa shape index (κ2) is 5.07. The Bertz CT molecular complexity index is 394. The molecule has 4 N–H and O–H groups in total. The van der Waals surface area contributed by atoms with Crippen molar-refractivity contribution in [1.82, 2.24) is 0 Å². The van der Waals surface area contributed by atoms with Gasteiger partial charge in [-0.15, -0.1) is 0 Å². The number of hydrogen-bond acceptors (Lipinski definition) is 3. The fourth-order valence-electron chi connectivity index (χ4n) is 1.96. The summed E-state index contributed by atoms with van der Waals surface area (Å²) in [5.74, 6) is 0.852. The van der Waals surface area contributed by atoms with Gasteiger partial charge in [0.05, 0.1) is 7.11 Å². The van der Waals surface area contributed by atoms with Crippen molar-refractivity contribution in [3.63, 3.8) is 0 Å². The van der Waals surface area contributed by atoms with Crippen LogP contribution in [0.25, 0.3) is 0 Å². The van der Waals surface area contributed by atoms with E-state index in [-0.39, 0.29) is 11.6 Å². The highest BCUT2D eigenvalue weighted by atomic mass is 16.5. The van der Waals surface area contributed by atoms with Gasteiger partial charge < -0.3 is 16.2 Å². The Morgan fingerprint density at radius 3 is 2.24 bits per heavy atom. The summed E-state index contributed by atoms with van der Waals surface area (Å²) in [6, 6.07) is 4.04. The summed E-state index contributed by atoms with van der Waals surface area (Å²) >= 11 is 0. The molecule has 1 atom stereocenters. The largest absolute Gasteiger partial charge is 0.496 e. The summed E-state index contributed by atoms with van der Waals surface area (Å²) in [4.78, 5) is 0. The Kier molecular flexibility index (Phi) is 4.17. The molecular weight excluding hydrogens is 212 g/mol. The first-order chi connectivity index (χ1) is 7.74. The molecule has 0 saturated heterocycles. The first kappa shape index (κ1) is 14.0. The third kappa shape index (κ3) is 3.72. The van der Waals surface area contributed by atoms with Crippen molar-refractivity contribution in [3.8, 4) is 5.75 Å². The van der Waals surface area contributed by atoms with E-state index in [0.29, 0.717) is 0 Å². The molecule has 0 aliphatic carbocycles. The number of methoxy groups -OCH3 is 1. The highest BCUT2D eigenvalue weighted by Gasteiger charge is 2.20. The van der Waals surface area contributed by atoms with Gasteiger partial charge in [0.15, 0.2) is 0 Å². The van der Waals surface area contributed by atoms with Crippen molar-refractivity contribution in [2.75, 3.05) is 7.11 Å². The van der Waals surface area contributed by atoms with Gasteiger partial charge in [-0.25, -0.2) is 0 Å². The molecule has 1 rings (SSSR count). The van der Waals surface area contributed by atoms with Gasteiger partial charge in [-0.3, -0.25) is 0 Å². The Balaban J connectivity index is 3.08. The van der Waals surface area contributed by atoms with Gasteiger partial charge in [0.1, 0.15) is 5.75 Å². The fraction of sp³-hybridized carbons (Fsp3) is 0.571. The number of ether oxygens (including phenoxy) is 1. The Morgan fingerprint density at radius 2 is 1.76 bits per heavy atom. The van der Waals surface area contributed by atoms with Crippen LogP contribution in [0.2, 0.25) is 0 Å². The lowest BCUT2D eigenvalue weighted by atomic mass is 9.90. The lowest BCUT2D eigenvalue weighted by molar-refractivity contribution is 0.388. The van der Waals surface area contributed by atoms with Crippen LogP contribution in [0.1, 0.15) is 43.0 Å². The molecule has 1 aromatic carbocycles. The maximum atomic E-state index is 6.22. The van der Waals surface area contributed by atoms with Crippen LogP contribution >= 0.6 is 0 Å². The van der Waals surface area contributed by atoms with Crippen LogP contribution < -0.4 is 16.2 Å². The Morgan fingerprint density at radius 1 is 1.24 bits per heavy atom. The minimum Gasteiger partial charge on any atom is -0.496 e. The van der Waals surface area contributed by atoms with E-state index in [1.54, 1.807) is 7.11 Å². The Labute approximate surface area is 104 Å². The van der Waals surface area contributed by atoms with Crippen LogP contribution in [-0.4, -0.2) is 12.6 Å². The molecule has 3 heteroatoms. The average molecular weight is 236 g/mol. The quantitative estimate of drug-likeness (QED) is 0.844. The van der Waals surface area contributed by atoms with E-state index in [4.69, 9.17) is 16.2 Å². The molecule has 1 aromatic rings. The van der Waals surface area contributed by atoms with Gasteiger partial charge in [0, 0.05) is 17.1 Å². The maximum Gasteiger partial charge on any atom is 0.123 e. The molecule has 0 aromatic heterocycles. The van der Waals surface area contributed by atoms with E-state index in [1.807, 2.05) is 19.9 Å². The monoisotopic (exact) mass is 236 g/mol. The zero-order chi connectivity index (χ0) is 13.2. The fourth-order valence-corrected chi connectivity index (χ4v) is 1.96. The number of rotatable bonds is 4. The van der Waals surface area contributed by atoms with E-state index in [2.05, 4.69) is 19.9 Å². The third-order valence-electron chi connectivity index (χ3n) is 2.99. The van der Waals surface area contributed by atoms with Crippen LogP contribution in [0.3, 0.4) is 0 Å². The van der Waals surface area contributed by atoms with Crippen molar-refractivity contribution in [3.05, 3.63) is 28.8 Å². The zero-order valence-electron chi connectivity index (χ0n) is 11.5. The molecule has 96 valence electrons. The topological polar surface area (TPSA) is 61.3 Å². The number of hydrogen-bond donors (Lipinski definition) is 2. The summed E-state index contributed by atoms with van der Waals surface area (Å²) in [7, 11) is 1.67. The summed E-state index contributed by atoms with van der Waals surface area (Å²) < 4.78 is 5.40. The number of nitrogens with two attached hydrogens (primary N) is 2. The van der Waals surface area contributed by atoms with Crippen LogP contribution in [-0.2, 0) is 0 Å². The summed E-state index contributed by atoms with van der Waals surface area (Å²) in [5.41, 5.74) is 15.4. The van der Waals surface area contributed by atoms with E-state index < -0.39 is 0 Å². The predicted octanol–water partition coefficient (Wildman–Crippen LogP) is 2.44. The highest BCUT2D eigenvalue weighted by molar-refractivity contribution is 5.43. The zero-order valence-corrected chi connectivity index (χ0v) is 11.5. The van der Waals surface area contributed by atoms with Crippen molar-refractivity contribution < 1.29 is 4.74 Å². The van der Waals surface area contributed by atoms with Crippen molar-refractivity contribution >= 4 is 0 Å². The second-order valence-corrected chi connectivity index (χ2v) is 5.48. The second-order valence-electron chi connectivity index (χ2n) is 5.48. The van der Waals surface area contributed by atoms with Crippen LogP contribution in [0.15, 0.2) is 12.1 Å². The van der Waals surface area contributed by atoms with Crippen molar-refractivity contribution in [1.29, 1.82) is 0 Å². The third-order valence-corrected chi connectivity index (χ3v) is 2.99. The molecule has 1 unspecified atom stereocenters. The molecule has 3 nitrogen and oxygen atoms in total. The minimum atomic E-state index is -0.275. The Hall–Kier alpha value is -1.06. The van der Waals surface area contributed by atoms with Crippen LogP contribution in [0.4, 0.5) is 0 Å². The van der Waals surface area contributed by atoms with E-state index in [9.17, 15) is 0 Å². The molecule has 0 saturated carbocycles. The van der Waals surface area contributed by atoms with E-state index in [0.717, 1.165) is 17.7 Å². The minimum absolute atomic E-state index is 0.0933. The van der Waals surface area contributed by atoms with Gasteiger partial charge in [-0.2, -0.15) is 0 Å². The van der Waals surface area contributed by atoms with Gasteiger partial charge in [0.2, 0.25) is 0 Å². The molecule has 0 heterocycles. The normalized spacial score (nSPS) is 13.6. The molecular formula is C14H24N2O. The lowest BCUT2D eigenvalue weighted by Gasteiger charge is -2.25. The molecule has 0 bridgehead atoms. The van der Waals surface area contributed by atoms with E-state index in [1.165, 1.54) is 11.1 Å². The lowest BCUT2D eigenvalue weighted by Crippen LogP contribution is -2.36.